The third-order valence-corrected chi connectivity index (χ3v) is 2.60. The summed E-state index contributed by atoms with van der Waals surface area (Å²) >= 11 is 0. The number of ether oxygens (including phenoxy) is 2. The number of nitrogens with zero attached hydrogens (tertiary/aromatic N) is 1. The number of hydrogen-bond donors (Lipinski definition) is 0. The Kier molecular flexibility index (Phi) is 6.10. The summed E-state index contributed by atoms with van der Waals surface area (Å²) in [6.45, 7) is 12.6. The zero-order chi connectivity index (χ0) is 13.6. The zero-order valence-corrected chi connectivity index (χ0v) is 11.9. The van der Waals surface area contributed by atoms with Gasteiger partial charge >= 0.3 is 5.97 Å². The SMILES string of the molecule is C=C(C#N)C(=O)OC(C)OC(C)O[Si](C)(C)C. The van der Waals surface area contributed by atoms with E-state index >= 15 is 0 Å². The van der Waals surface area contributed by atoms with Crippen LogP contribution >= 0.6 is 0 Å². The Bertz CT molecular complexity index is 329. The third kappa shape index (κ3) is 7.68. The Morgan fingerprint density at radius 2 is 1.82 bits per heavy atom. The summed E-state index contributed by atoms with van der Waals surface area (Å²) in [7, 11) is -1.69. The summed E-state index contributed by atoms with van der Waals surface area (Å²) in [5, 5.41) is 8.44. The maximum atomic E-state index is 11.2. The van der Waals surface area contributed by atoms with Crippen molar-refractivity contribution in [2.75, 3.05) is 0 Å². The number of esters is 1. The van der Waals surface area contributed by atoms with E-state index in [-0.39, 0.29) is 5.57 Å². The van der Waals surface area contributed by atoms with Crippen LogP contribution in [0.4, 0.5) is 0 Å². The molecule has 2 unspecified atom stereocenters. The molecule has 0 N–H and O–H groups in total. The molecular weight excluding hydrogens is 238 g/mol. The van der Waals surface area contributed by atoms with Gasteiger partial charge in [-0.05, 0) is 33.5 Å². The van der Waals surface area contributed by atoms with Crippen molar-refractivity contribution in [1.29, 1.82) is 5.26 Å². The van der Waals surface area contributed by atoms with Crippen molar-refractivity contribution in [3.8, 4) is 6.07 Å². The second kappa shape index (κ2) is 6.54. The van der Waals surface area contributed by atoms with E-state index in [9.17, 15) is 4.79 Å². The van der Waals surface area contributed by atoms with Crippen molar-refractivity contribution in [2.24, 2.45) is 0 Å². The van der Waals surface area contributed by atoms with Crippen LogP contribution in [-0.4, -0.2) is 26.9 Å². The van der Waals surface area contributed by atoms with E-state index in [2.05, 4.69) is 6.58 Å². The van der Waals surface area contributed by atoms with E-state index in [0.717, 1.165) is 0 Å². The Morgan fingerprint density at radius 1 is 1.29 bits per heavy atom. The van der Waals surface area contributed by atoms with Gasteiger partial charge in [0.2, 0.25) is 6.29 Å². The van der Waals surface area contributed by atoms with Crippen molar-refractivity contribution < 1.29 is 18.7 Å². The van der Waals surface area contributed by atoms with E-state index in [1.54, 1.807) is 19.9 Å². The van der Waals surface area contributed by atoms with Crippen molar-refractivity contribution in [2.45, 2.75) is 46.1 Å². The van der Waals surface area contributed by atoms with E-state index in [1.165, 1.54) is 0 Å². The van der Waals surface area contributed by atoms with Crippen LogP contribution in [0.15, 0.2) is 12.2 Å². The summed E-state index contributed by atoms with van der Waals surface area (Å²) in [5.41, 5.74) is -0.251. The molecule has 0 rings (SSSR count). The lowest BCUT2D eigenvalue weighted by molar-refractivity contribution is -0.206. The maximum Gasteiger partial charge on any atom is 0.350 e. The first-order chi connectivity index (χ1) is 7.65. The lowest BCUT2D eigenvalue weighted by atomic mass is 10.3. The summed E-state index contributed by atoms with van der Waals surface area (Å²) < 4.78 is 15.8. The molecule has 0 aliphatic heterocycles. The molecule has 0 aromatic carbocycles. The standard InChI is InChI=1S/C11H19NO4Si/c1-8(7-12)11(13)15-9(2)14-10(3)16-17(4,5)6/h9-10H,1H2,2-6H3. The van der Waals surface area contributed by atoms with E-state index in [1.807, 2.05) is 19.6 Å². The van der Waals surface area contributed by atoms with Gasteiger partial charge in [0.15, 0.2) is 8.32 Å². The average Bonchev–Trinajstić information content (AvgIpc) is 2.12. The van der Waals surface area contributed by atoms with Crippen LogP contribution < -0.4 is 0 Å². The molecule has 0 aliphatic rings. The smallest absolute Gasteiger partial charge is 0.350 e. The van der Waals surface area contributed by atoms with Crippen LogP contribution in [0, 0.1) is 11.3 Å². The summed E-state index contributed by atoms with van der Waals surface area (Å²) in [6, 6.07) is 1.61. The number of carbonyl (C=O) groups excluding carboxylic acids is 1. The molecule has 0 aromatic rings. The molecule has 0 bridgehead atoms. The molecule has 0 amide bonds. The fourth-order valence-corrected chi connectivity index (χ4v) is 2.14. The predicted molar refractivity (Wildman–Crippen MR) is 65.3 cm³/mol. The van der Waals surface area contributed by atoms with E-state index in [4.69, 9.17) is 19.2 Å². The van der Waals surface area contributed by atoms with Gasteiger partial charge in [-0.2, -0.15) is 5.26 Å². The molecule has 6 heteroatoms. The van der Waals surface area contributed by atoms with Crippen molar-refractivity contribution >= 4 is 14.3 Å². The molecule has 96 valence electrons. The van der Waals surface area contributed by atoms with Gasteiger partial charge < -0.3 is 13.9 Å². The Balaban J connectivity index is 4.11. The molecule has 0 spiro atoms. The minimum atomic E-state index is -1.69. The van der Waals surface area contributed by atoms with Crippen LogP contribution in [0.3, 0.4) is 0 Å². The van der Waals surface area contributed by atoms with Crippen LogP contribution in [0.2, 0.25) is 19.6 Å². The highest BCUT2D eigenvalue weighted by Gasteiger charge is 2.21. The highest BCUT2D eigenvalue weighted by molar-refractivity contribution is 6.69. The van der Waals surface area contributed by atoms with Crippen LogP contribution in [0.1, 0.15) is 13.8 Å². The Labute approximate surface area is 103 Å². The molecule has 0 aromatic heterocycles. The number of rotatable bonds is 6. The van der Waals surface area contributed by atoms with E-state index in [0.29, 0.717) is 0 Å². The predicted octanol–water partition coefficient (Wildman–Crippen LogP) is 2.17. The molecule has 2 atom stereocenters. The highest BCUT2D eigenvalue weighted by Crippen LogP contribution is 2.10. The number of nitriles is 1. The fourth-order valence-electron chi connectivity index (χ4n) is 1.09. The number of hydrogen-bond acceptors (Lipinski definition) is 5. The normalized spacial score (nSPS) is 14.6. The molecule has 0 saturated heterocycles. The topological polar surface area (TPSA) is 68.6 Å². The first kappa shape index (κ1) is 15.8. The highest BCUT2D eigenvalue weighted by atomic mass is 28.4. The molecule has 0 heterocycles. The van der Waals surface area contributed by atoms with Crippen molar-refractivity contribution in [3.05, 3.63) is 12.2 Å². The zero-order valence-electron chi connectivity index (χ0n) is 10.9. The molecule has 0 saturated carbocycles. The summed E-state index contributed by atoms with van der Waals surface area (Å²) in [5.74, 6) is -0.778. The first-order valence-corrected chi connectivity index (χ1v) is 8.70. The second-order valence-electron chi connectivity index (χ2n) is 4.50. The van der Waals surface area contributed by atoms with Crippen LogP contribution in [-0.2, 0) is 18.7 Å². The van der Waals surface area contributed by atoms with Gasteiger partial charge in [-0.1, -0.05) is 6.58 Å². The molecule has 0 aliphatic carbocycles. The monoisotopic (exact) mass is 257 g/mol. The van der Waals surface area contributed by atoms with Crippen LogP contribution in [0.5, 0.6) is 0 Å². The van der Waals surface area contributed by atoms with Crippen molar-refractivity contribution in [1.82, 2.24) is 0 Å². The minimum absolute atomic E-state index is 0.251. The maximum absolute atomic E-state index is 11.2. The first-order valence-electron chi connectivity index (χ1n) is 5.29. The van der Waals surface area contributed by atoms with Gasteiger partial charge in [0.05, 0.1) is 0 Å². The van der Waals surface area contributed by atoms with Gasteiger partial charge in [0.25, 0.3) is 0 Å². The third-order valence-electron chi connectivity index (χ3n) is 1.56. The quantitative estimate of drug-likeness (QED) is 0.240. The molecule has 0 radical (unpaired) electrons. The van der Waals surface area contributed by atoms with Crippen LogP contribution in [0.25, 0.3) is 0 Å². The van der Waals surface area contributed by atoms with Crippen molar-refractivity contribution in [3.63, 3.8) is 0 Å². The minimum Gasteiger partial charge on any atom is -0.432 e. The average molecular weight is 257 g/mol. The van der Waals surface area contributed by atoms with Gasteiger partial charge in [0.1, 0.15) is 17.9 Å². The summed E-state index contributed by atoms with van der Waals surface area (Å²) in [6.07, 6.45) is -1.24. The van der Waals surface area contributed by atoms with Gasteiger partial charge in [0, 0.05) is 0 Å². The van der Waals surface area contributed by atoms with Gasteiger partial charge in [-0.25, -0.2) is 4.79 Å². The Hall–Kier alpha value is -1.16. The summed E-state index contributed by atoms with van der Waals surface area (Å²) in [4.78, 5) is 11.2. The molecular formula is C11H19NO4Si. The van der Waals surface area contributed by atoms with Gasteiger partial charge in [-0.15, -0.1) is 0 Å². The second-order valence-corrected chi connectivity index (χ2v) is 8.96. The molecule has 5 nitrogen and oxygen atoms in total. The molecule has 0 fully saturated rings. The lowest BCUT2D eigenvalue weighted by Gasteiger charge is -2.25. The molecule has 17 heavy (non-hydrogen) atoms. The lowest BCUT2D eigenvalue weighted by Crippen LogP contribution is -2.34. The Morgan fingerprint density at radius 3 is 2.24 bits per heavy atom. The number of carbonyl (C=O) groups is 1. The largest absolute Gasteiger partial charge is 0.432 e. The van der Waals surface area contributed by atoms with Gasteiger partial charge in [-0.3, -0.25) is 0 Å². The fraction of sp³-hybridized carbons (Fsp3) is 0.636. The van der Waals surface area contributed by atoms with E-state index < -0.39 is 26.9 Å².